The van der Waals surface area contributed by atoms with Crippen LogP contribution in [0.4, 0.5) is 14.5 Å². The number of nitrogens with one attached hydrogen (secondary N) is 3. The van der Waals surface area contributed by atoms with E-state index < -0.39 is 38.8 Å². The Balaban J connectivity index is 2.25. The van der Waals surface area contributed by atoms with E-state index in [0.717, 1.165) is 12.1 Å². The molecular weight excluding hydrogens is 266 g/mol. The van der Waals surface area contributed by atoms with Crippen LogP contribution < -0.4 is 21.3 Å². The Morgan fingerprint density at radius 3 is 2.72 bits per heavy atom. The highest BCUT2D eigenvalue weighted by molar-refractivity contribution is 7.93. The van der Waals surface area contributed by atoms with Crippen LogP contribution in [0.15, 0.2) is 18.2 Å². The maximum Gasteiger partial charge on any atom is 0.239 e. The van der Waals surface area contributed by atoms with E-state index in [1.165, 1.54) is 6.07 Å². The topological polar surface area (TPSA) is 96.2 Å². The maximum absolute atomic E-state index is 13.4. The number of hydrogen-bond donors (Lipinski definition) is 4. The highest BCUT2D eigenvalue weighted by Crippen LogP contribution is 2.20. The summed E-state index contributed by atoms with van der Waals surface area (Å²) < 4.78 is 52.1. The van der Waals surface area contributed by atoms with Crippen molar-refractivity contribution in [2.45, 2.75) is 11.4 Å². The Morgan fingerprint density at radius 1 is 1.39 bits per heavy atom. The summed E-state index contributed by atoms with van der Waals surface area (Å²) in [5.74, 6) is -2.37. The first-order chi connectivity index (χ1) is 8.42. The van der Waals surface area contributed by atoms with Crippen molar-refractivity contribution < 1.29 is 17.2 Å². The fourth-order valence-corrected chi connectivity index (χ4v) is 2.98. The Kier molecular flexibility index (Phi) is 3.48. The van der Waals surface area contributed by atoms with E-state index in [4.69, 9.17) is 5.73 Å². The van der Waals surface area contributed by atoms with E-state index >= 15 is 0 Å². The van der Waals surface area contributed by atoms with Gasteiger partial charge in [-0.05, 0) is 12.1 Å². The maximum atomic E-state index is 13.4. The van der Waals surface area contributed by atoms with Crippen LogP contribution in [0.5, 0.6) is 0 Å². The van der Waals surface area contributed by atoms with Crippen molar-refractivity contribution in [3.8, 4) is 0 Å². The number of hydrazine groups is 1. The largest absolute Gasteiger partial charge is 0.314 e. The molecule has 1 aliphatic rings. The molecule has 0 bridgehead atoms. The van der Waals surface area contributed by atoms with Gasteiger partial charge in [0.25, 0.3) is 0 Å². The first-order valence-corrected chi connectivity index (χ1v) is 6.66. The molecule has 1 saturated heterocycles. The lowest BCUT2D eigenvalue weighted by Crippen LogP contribution is -2.46. The monoisotopic (exact) mass is 278 g/mol. The van der Waals surface area contributed by atoms with Gasteiger partial charge in [-0.1, -0.05) is 6.07 Å². The molecule has 0 spiro atoms. The Hall–Kier alpha value is -1.29. The Labute approximate surface area is 103 Å². The van der Waals surface area contributed by atoms with Crippen LogP contribution in [-0.2, 0) is 10.0 Å². The summed E-state index contributed by atoms with van der Waals surface area (Å²) in [6.07, 6.45) is -0.820. The SMILES string of the molecule is NC1NNCC1S(=O)(=O)Nc1cccc(F)c1F. The zero-order valence-corrected chi connectivity index (χ0v) is 9.97. The van der Waals surface area contributed by atoms with E-state index in [1.54, 1.807) is 0 Å². The minimum atomic E-state index is -3.91. The molecule has 1 fully saturated rings. The normalized spacial score (nSPS) is 24.2. The van der Waals surface area contributed by atoms with Crippen molar-refractivity contribution in [3.05, 3.63) is 29.8 Å². The second-order valence-corrected chi connectivity index (χ2v) is 5.74. The van der Waals surface area contributed by atoms with Crippen molar-refractivity contribution in [1.29, 1.82) is 0 Å². The zero-order chi connectivity index (χ0) is 13.3. The summed E-state index contributed by atoms with van der Waals surface area (Å²) in [4.78, 5) is 0. The minimum Gasteiger partial charge on any atom is -0.314 e. The van der Waals surface area contributed by atoms with Gasteiger partial charge in [0.15, 0.2) is 11.6 Å². The predicted molar refractivity (Wildman–Crippen MR) is 61.8 cm³/mol. The molecule has 6 nitrogen and oxygen atoms in total. The van der Waals surface area contributed by atoms with Gasteiger partial charge >= 0.3 is 0 Å². The molecule has 2 unspecified atom stereocenters. The molecule has 0 aromatic heterocycles. The smallest absolute Gasteiger partial charge is 0.239 e. The molecule has 2 atom stereocenters. The van der Waals surface area contributed by atoms with E-state index in [9.17, 15) is 17.2 Å². The molecule has 1 aromatic carbocycles. The standard InChI is InChI=1S/C9H12F2N4O2S/c10-5-2-1-3-6(8(5)11)15-18(16,17)7-4-13-14-9(7)12/h1-3,7,9,13-15H,4,12H2. The highest BCUT2D eigenvalue weighted by atomic mass is 32.2. The van der Waals surface area contributed by atoms with E-state index in [1.807, 2.05) is 4.72 Å². The number of anilines is 1. The fourth-order valence-electron chi connectivity index (χ4n) is 1.61. The van der Waals surface area contributed by atoms with Crippen LogP contribution in [0.25, 0.3) is 0 Å². The average Bonchev–Trinajstić information content (AvgIpc) is 2.72. The molecule has 0 saturated carbocycles. The Bertz CT molecular complexity index is 551. The summed E-state index contributed by atoms with van der Waals surface area (Å²) in [6.45, 7) is 0.0768. The summed E-state index contributed by atoms with van der Waals surface area (Å²) in [7, 11) is -3.91. The number of sulfonamides is 1. The van der Waals surface area contributed by atoms with Crippen LogP contribution in [-0.4, -0.2) is 26.4 Å². The second kappa shape index (κ2) is 4.76. The molecule has 18 heavy (non-hydrogen) atoms. The molecule has 0 radical (unpaired) electrons. The first kappa shape index (κ1) is 13.1. The van der Waals surface area contributed by atoms with Crippen LogP contribution in [0.2, 0.25) is 0 Å². The van der Waals surface area contributed by atoms with E-state index in [2.05, 4.69) is 10.9 Å². The quantitative estimate of drug-likeness (QED) is 0.596. The number of rotatable bonds is 3. The van der Waals surface area contributed by atoms with Gasteiger partial charge in [-0.25, -0.2) is 22.6 Å². The van der Waals surface area contributed by atoms with Crippen molar-refractivity contribution >= 4 is 15.7 Å². The Morgan fingerprint density at radius 2 is 2.11 bits per heavy atom. The zero-order valence-electron chi connectivity index (χ0n) is 9.15. The molecule has 1 aromatic rings. The van der Waals surface area contributed by atoms with Crippen LogP contribution in [0.1, 0.15) is 0 Å². The minimum absolute atomic E-state index is 0.0768. The molecule has 2 rings (SSSR count). The van der Waals surface area contributed by atoms with Crippen LogP contribution in [0, 0.1) is 11.6 Å². The molecule has 100 valence electrons. The lowest BCUT2D eigenvalue weighted by atomic mass is 10.3. The summed E-state index contributed by atoms with van der Waals surface area (Å²) in [6, 6.07) is 3.25. The van der Waals surface area contributed by atoms with Gasteiger partial charge in [0.2, 0.25) is 10.0 Å². The second-order valence-electron chi connectivity index (χ2n) is 3.84. The predicted octanol–water partition coefficient (Wildman–Crippen LogP) is -0.532. The molecule has 5 N–H and O–H groups in total. The van der Waals surface area contributed by atoms with Crippen LogP contribution >= 0.6 is 0 Å². The third-order valence-electron chi connectivity index (χ3n) is 2.57. The molecule has 9 heteroatoms. The van der Waals surface area contributed by atoms with Gasteiger partial charge in [-0.3, -0.25) is 10.1 Å². The van der Waals surface area contributed by atoms with Gasteiger partial charge in [0, 0.05) is 6.54 Å². The van der Waals surface area contributed by atoms with E-state index in [-0.39, 0.29) is 6.54 Å². The summed E-state index contributed by atoms with van der Waals surface area (Å²) in [5.41, 5.74) is 10.2. The molecular formula is C9H12F2N4O2S. The molecule has 0 aliphatic carbocycles. The third-order valence-corrected chi connectivity index (χ3v) is 4.34. The third kappa shape index (κ3) is 2.43. The van der Waals surface area contributed by atoms with Crippen molar-refractivity contribution in [1.82, 2.24) is 10.9 Å². The van der Waals surface area contributed by atoms with Crippen LogP contribution in [0.3, 0.4) is 0 Å². The lowest BCUT2D eigenvalue weighted by molar-refractivity contribution is 0.511. The van der Waals surface area contributed by atoms with Gasteiger partial charge in [-0.2, -0.15) is 0 Å². The van der Waals surface area contributed by atoms with E-state index in [0.29, 0.717) is 0 Å². The number of benzene rings is 1. The van der Waals surface area contributed by atoms with Gasteiger partial charge in [0.05, 0.1) is 11.9 Å². The van der Waals surface area contributed by atoms with Gasteiger partial charge in [-0.15, -0.1) is 0 Å². The summed E-state index contributed by atoms with van der Waals surface area (Å²) >= 11 is 0. The first-order valence-electron chi connectivity index (χ1n) is 5.11. The van der Waals surface area contributed by atoms with Gasteiger partial charge in [0.1, 0.15) is 5.25 Å². The number of hydrogen-bond acceptors (Lipinski definition) is 5. The summed E-state index contributed by atoms with van der Waals surface area (Å²) in [5, 5.41) is -0.972. The lowest BCUT2D eigenvalue weighted by Gasteiger charge is -2.16. The molecule has 0 amide bonds. The fraction of sp³-hybridized carbons (Fsp3) is 0.333. The van der Waals surface area contributed by atoms with Crippen molar-refractivity contribution in [2.75, 3.05) is 11.3 Å². The van der Waals surface area contributed by atoms with Crippen molar-refractivity contribution in [3.63, 3.8) is 0 Å². The average molecular weight is 278 g/mol. The molecule has 1 aliphatic heterocycles. The van der Waals surface area contributed by atoms with Crippen molar-refractivity contribution in [2.24, 2.45) is 5.73 Å². The number of halogens is 2. The molecule has 1 heterocycles. The number of nitrogens with two attached hydrogens (primary N) is 1. The highest BCUT2D eigenvalue weighted by Gasteiger charge is 2.35. The van der Waals surface area contributed by atoms with Gasteiger partial charge < -0.3 is 5.73 Å².